The van der Waals surface area contributed by atoms with E-state index in [0.717, 1.165) is 11.8 Å². The highest BCUT2D eigenvalue weighted by Crippen LogP contribution is 2.29. The van der Waals surface area contributed by atoms with Gasteiger partial charge in [0, 0.05) is 12.5 Å². The Bertz CT molecular complexity index is 566. The highest BCUT2D eigenvalue weighted by molar-refractivity contribution is 5.64. The normalized spacial score (nSPS) is 12.1. The number of rotatable bonds is 5. The van der Waals surface area contributed by atoms with Gasteiger partial charge in [-0.15, -0.1) is 0 Å². The first-order valence-electron chi connectivity index (χ1n) is 5.82. The summed E-state index contributed by atoms with van der Waals surface area (Å²) in [5.41, 5.74) is 0.230. The van der Waals surface area contributed by atoms with Crippen LogP contribution in [0, 0.1) is 10.1 Å². The summed E-state index contributed by atoms with van der Waals surface area (Å²) in [4.78, 5) is 10.4. The highest BCUT2D eigenvalue weighted by atomic mass is 16.6. The molecule has 0 radical (unpaired) electrons. The minimum atomic E-state index is -0.526. The molecule has 1 unspecified atom stereocenters. The van der Waals surface area contributed by atoms with Crippen LogP contribution in [0.5, 0.6) is 5.75 Å². The van der Waals surface area contributed by atoms with E-state index >= 15 is 0 Å². The molecule has 1 aromatic carbocycles. The molecule has 1 heterocycles. The molecule has 0 amide bonds. The smallest absolute Gasteiger partial charge is 0.296 e. The van der Waals surface area contributed by atoms with Crippen LogP contribution in [0.25, 0.3) is 0 Å². The molecule has 0 saturated carbocycles. The Hall–Kier alpha value is -2.50. The van der Waals surface area contributed by atoms with Gasteiger partial charge in [0.25, 0.3) is 5.69 Å². The Morgan fingerprint density at radius 3 is 2.89 bits per heavy atom. The number of hydrogen-bond donors (Lipinski definition) is 2. The Morgan fingerprint density at radius 2 is 2.26 bits per heavy atom. The molecule has 6 heteroatoms. The zero-order chi connectivity index (χ0) is 13.8. The Labute approximate surface area is 109 Å². The first-order chi connectivity index (χ1) is 9.06. The second-order valence-electron chi connectivity index (χ2n) is 4.29. The Balaban J connectivity index is 2.12. The summed E-state index contributed by atoms with van der Waals surface area (Å²) >= 11 is 0. The fraction of sp³-hybridized carbons (Fsp3) is 0.231. The van der Waals surface area contributed by atoms with Crippen molar-refractivity contribution in [2.24, 2.45) is 0 Å². The average Bonchev–Trinajstić information content (AvgIpc) is 2.83. The molecule has 2 aromatic rings. The topological polar surface area (TPSA) is 88.5 Å². The van der Waals surface area contributed by atoms with E-state index in [1.54, 1.807) is 12.3 Å². The van der Waals surface area contributed by atoms with Gasteiger partial charge >= 0.3 is 0 Å². The summed E-state index contributed by atoms with van der Waals surface area (Å²) in [5, 5.41) is 23.2. The van der Waals surface area contributed by atoms with Gasteiger partial charge in [-0.3, -0.25) is 10.1 Å². The Kier molecular flexibility index (Phi) is 3.70. The number of furan rings is 1. The molecule has 2 N–H and O–H groups in total. The fourth-order valence-electron chi connectivity index (χ4n) is 1.84. The SMILES string of the molecule is CC(Cc1ccco1)Nc1ccc(O)cc1[N+](=O)[O-]. The fourth-order valence-corrected chi connectivity index (χ4v) is 1.84. The zero-order valence-electron chi connectivity index (χ0n) is 10.4. The van der Waals surface area contributed by atoms with Crippen LogP contribution >= 0.6 is 0 Å². The molecular formula is C13H14N2O4. The van der Waals surface area contributed by atoms with Crippen LogP contribution in [0.3, 0.4) is 0 Å². The number of nitro groups is 1. The number of anilines is 1. The molecule has 19 heavy (non-hydrogen) atoms. The van der Waals surface area contributed by atoms with E-state index in [4.69, 9.17) is 4.42 Å². The van der Waals surface area contributed by atoms with Crippen molar-refractivity contribution in [3.63, 3.8) is 0 Å². The van der Waals surface area contributed by atoms with Gasteiger partial charge in [-0.1, -0.05) is 0 Å². The molecule has 0 fully saturated rings. The number of nitrogens with one attached hydrogen (secondary N) is 1. The molecule has 1 aromatic heterocycles. The van der Waals surface area contributed by atoms with Crippen molar-refractivity contribution < 1.29 is 14.4 Å². The van der Waals surface area contributed by atoms with Crippen molar-refractivity contribution >= 4 is 11.4 Å². The Morgan fingerprint density at radius 1 is 1.47 bits per heavy atom. The van der Waals surface area contributed by atoms with Crippen LogP contribution in [0.4, 0.5) is 11.4 Å². The van der Waals surface area contributed by atoms with Gasteiger partial charge < -0.3 is 14.8 Å². The summed E-state index contributed by atoms with van der Waals surface area (Å²) in [6.45, 7) is 1.90. The van der Waals surface area contributed by atoms with Crippen LogP contribution in [0.15, 0.2) is 41.0 Å². The van der Waals surface area contributed by atoms with E-state index in [9.17, 15) is 15.2 Å². The van der Waals surface area contributed by atoms with Crippen LogP contribution in [0.1, 0.15) is 12.7 Å². The number of nitrogens with zero attached hydrogens (tertiary/aromatic N) is 1. The van der Waals surface area contributed by atoms with Crippen molar-refractivity contribution in [3.8, 4) is 5.75 Å². The largest absolute Gasteiger partial charge is 0.508 e. The van der Waals surface area contributed by atoms with E-state index < -0.39 is 4.92 Å². The molecule has 2 rings (SSSR count). The quantitative estimate of drug-likeness (QED) is 0.491. The molecule has 0 aliphatic heterocycles. The maximum Gasteiger partial charge on any atom is 0.296 e. The minimum Gasteiger partial charge on any atom is -0.508 e. The summed E-state index contributed by atoms with van der Waals surface area (Å²) in [5.74, 6) is 0.678. The van der Waals surface area contributed by atoms with Gasteiger partial charge in [0.1, 0.15) is 17.2 Å². The molecule has 100 valence electrons. The third-order valence-electron chi connectivity index (χ3n) is 2.67. The highest BCUT2D eigenvalue weighted by Gasteiger charge is 2.16. The van der Waals surface area contributed by atoms with Crippen LogP contribution < -0.4 is 5.32 Å². The average molecular weight is 262 g/mol. The number of phenolic OH excluding ortho intramolecular Hbond substituents is 1. The molecule has 0 aliphatic rings. The minimum absolute atomic E-state index is 0.0330. The molecule has 6 nitrogen and oxygen atoms in total. The van der Waals surface area contributed by atoms with E-state index in [0.29, 0.717) is 12.1 Å². The van der Waals surface area contributed by atoms with Crippen molar-refractivity contribution in [3.05, 3.63) is 52.5 Å². The summed E-state index contributed by atoms with van der Waals surface area (Å²) < 4.78 is 5.22. The van der Waals surface area contributed by atoms with Crippen molar-refractivity contribution in [1.29, 1.82) is 0 Å². The first-order valence-corrected chi connectivity index (χ1v) is 5.82. The standard InChI is InChI=1S/C13H14N2O4/c1-9(7-11-3-2-6-19-11)14-12-5-4-10(16)8-13(12)15(17)18/h2-6,8-9,14,16H,7H2,1H3. The molecule has 0 aliphatic carbocycles. The molecule has 0 saturated heterocycles. The van der Waals surface area contributed by atoms with Crippen molar-refractivity contribution in [2.45, 2.75) is 19.4 Å². The second-order valence-corrected chi connectivity index (χ2v) is 4.29. The lowest BCUT2D eigenvalue weighted by Gasteiger charge is -2.14. The summed E-state index contributed by atoms with van der Waals surface area (Å²) in [6, 6.07) is 7.65. The van der Waals surface area contributed by atoms with Crippen LogP contribution in [0.2, 0.25) is 0 Å². The van der Waals surface area contributed by atoms with Gasteiger partial charge in [-0.05, 0) is 31.2 Å². The number of nitro benzene ring substituents is 1. The number of hydrogen-bond acceptors (Lipinski definition) is 5. The maximum absolute atomic E-state index is 10.9. The van der Waals surface area contributed by atoms with Crippen LogP contribution in [-0.2, 0) is 6.42 Å². The zero-order valence-corrected chi connectivity index (χ0v) is 10.4. The van der Waals surface area contributed by atoms with Gasteiger partial charge in [-0.2, -0.15) is 0 Å². The first kappa shape index (κ1) is 12.9. The van der Waals surface area contributed by atoms with E-state index in [2.05, 4.69) is 5.32 Å². The van der Waals surface area contributed by atoms with Crippen molar-refractivity contribution in [1.82, 2.24) is 0 Å². The summed E-state index contributed by atoms with van der Waals surface area (Å²) in [6.07, 6.45) is 2.20. The van der Waals surface area contributed by atoms with Crippen molar-refractivity contribution in [2.75, 3.05) is 5.32 Å². The number of aromatic hydroxyl groups is 1. The molecule has 0 bridgehead atoms. The van der Waals surface area contributed by atoms with Crippen LogP contribution in [-0.4, -0.2) is 16.1 Å². The number of benzene rings is 1. The lowest BCUT2D eigenvalue weighted by molar-refractivity contribution is -0.384. The monoisotopic (exact) mass is 262 g/mol. The van der Waals surface area contributed by atoms with E-state index in [-0.39, 0.29) is 17.5 Å². The third-order valence-corrected chi connectivity index (χ3v) is 2.67. The molecule has 0 spiro atoms. The second kappa shape index (κ2) is 5.43. The van der Waals surface area contributed by atoms with Gasteiger partial charge in [0.15, 0.2) is 0 Å². The van der Waals surface area contributed by atoms with Gasteiger partial charge in [0.2, 0.25) is 0 Å². The third kappa shape index (κ3) is 3.25. The van der Waals surface area contributed by atoms with Gasteiger partial charge in [-0.25, -0.2) is 0 Å². The lowest BCUT2D eigenvalue weighted by Crippen LogP contribution is -2.18. The van der Waals surface area contributed by atoms with E-state index in [1.807, 2.05) is 13.0 Å². The maximum atomic E-state index is 10.9. The predicted molar refractivity (Wildman–Crippen MR) is 70.3 cm³/mol. The molecular weight excluding hydrogens is 248 g/mol. The predicted octanol–water partition coefficient (Wildman–Crippen LogP) is 2.94. The van der Waals surface area contributed by atoms with E-state index in [1.165, 1.54) is 12.1 Å². The number of phenols is 1. The lowest BCUT2D eigenvalue weighted by atomic mass is 10.1. The van der Waals surface area contributed by atoms with Gasteiger partial charge in [0.05, 0.1) is 17.3 Å². The molecule has 1 atom stereocenters. The summed E-state index contributed by atoms with van der Waals surface area (Å²) in [7, 11) is 0.